The highest BCUT2D eigenvalue weighted by Gasteiger charge is 2.78. The van der Waals surface area contributed by atoms with Gasteiger partial charge in [0.25, 0.3) is 0 Å². The average Bonchev–Trinajstić information content (AvgIpc) is 2.45. The van der Waals surface area contributed by atoms with E-state index in [1.165, 1.54) is 6.42 Å². The van der Waals surface area contributed by atoms with Crippen molar-refractivity contribution >= 4 is 5.97 Å². The minimum Gasteiger partial charge on any atom is -0.481 e. The summed E-state index contributed by atoms with van der Waals surface area (Å²) < 4.78 is 0. The number of aliphatic carboxylic acids is 1. The van der Waals surface area contributed by atoms with Crippen molar-refractivity contribution in [3.05, 3.63) is 0 Å². The van der Waals surface area contributed by atoms with Gasteiger partial charge in [0.05, 0.1) is 5.92 Å². The normalized spacial score (nSPS) is 68.8. The number of carboxylic acid groups (broad SMARTS) is 1. The fourth-order valence-electron chi connectivity index (χ4n) is 5.00. The van der Waals surface area contributed by atoms with Crippen LogP contribution in [0.25, 0.3) is 0 Å². The van der Waals surface area contributed by atoms with E-state index in [2.05, 4.69) is 0 Å². The number of hydrogen-bond donors (Lipinski definition) is 1. The molecule has 0 aromatic heterocycles. The Morgan fingerprint density at radius 1 is 1.00 bits per heavy atom. The molecule has 0 aromatic rings. The smallest absolute Gasteiger partial charge is 0.306 e. The van der Waals surface area contributed by atoms with E-state index in [1.54, 1.807) is 0 Å². The topological polar surface area (TPSA) is 37.3 Å². The van der Waals surface area contributed by atoms with Crippen LogP contribution in [0.5, 0.6) is 0 Å². The lowest BCUT2D eigenvalue weighted by Crippen LogP contribution is -2.22. The van der Waals surface area contributed by atoms with E-state index in [0.29, 0.717) is 5.92 Å². The van der Waals surface area contributed by atoms with Gasteiger partial charge in [0, 0.05) is 0 Å². The summed E-state index contributed by atoms with van der Waals surface area (Å²) in [4.78, 5) is 10.9. The second-order valence-corrected chi connectivity index (χ2v) is 5.14. The SMILES string of the molecule is O=C(O)[C@H]1C[C@@H]2[C@@H]3C[C@H]4[C@@H]2[C@@H]4[C@H]31. The van der Waals surface area contributed by atoms with E-state index in [-0.39, 0.29) is 5.92 Å². The molecule has 5 aliphatic carbocycles. The monoisotopic (exact) mass is 164 g/mol. The van der Waals surface area contributed by atoms with Crippen LogP contribution in [-0.2, 0) is 4.79 Å². The molecule has 64 valence electrons. The van der Waals surface area contributed by atoms with Gasteiger partial charge in [-0.15, -0.1) is 0 Å². The van der Waals surface area contributed by atoms with Crippen LogP contribution in [0.3, 0.4) is 0 Å². The van der Waals surface area contributed by atoms with Crippen molar-refractivity contribution in [1.82, 2.24) is 0 Å². The Labute approximate surface area is 71.0 Å². The fraction of sp³-hybridized carbons (Fsp3) is 0.900. The highest BCUT2D eigenvalue weighted by molar-refractivity contribution is 5.72. The maximum absolute atomic E-state index is 10.9. The first-order chi connectivity index (χ1) is 5.79. The van der Waals surface area contributed by atoms with Gasteiger partial charge >= 0.3 is 5.97 Å². The zero-order valence-electron chi connectivity index (χ0n) is 6.81. The Hall–Kier alpha value is -0.530. The van der Waals surface area contributed by atoms with Gasteiger partial charge in [-0.1, -0.05) is 0 Å². The van der Waals surface area contributed by atoms with Gasteiger partial charge in [0.15, 0.2) is 0 Å². The third kappa shape index (κ3) is 0.395. The third-order valence-electron chi connectivity index (χ3n) is 5.13. The predicted molar refractivity (Wildman–Crippen MR) is 41.3 cm³/mol. The summed E-state index contributed by atoms with van der Waals surface area (Å²) in [5, 5.41) is 9.01. The highest BCUT2D eigenvalue weighted by atomic mass is 16.4. The van der Waals surface area contributed by atoms with Crippen LogP contribution in [0.4, 0.5) is 0 Å². The van der Waals surface area contributed by atoms with Gasteiger partial charge in [0.1, 0.15) is 0 Å². The molecule has 5 rings (SSSR count). The molecule has 6 bridgehead atoms. The molecule has 5 saturated carbocycles. The van der Waals surface area contributed by atoms with E-state index >= 15 is 0 Å². The molecule has 5 fully saturated rings. The number of carbonyl (C=O) groups is 1. The first kappa shape index (κ1) is 6.01. The zero-order valence-corrected chi connectivity index (χ0v) is 6.81. The summed E-state index contributed by atoms with van der Waals surface area (Å²) in [5.74, 6) is 4.67. The Morgan fingerprint density at radius 2 is 1.75 bits per heavy atom. The lowest BCUT2D eigenvalue weighted by Gasteiger charge is -2.16. The van der Waals surface area contributed by atoms with Gasteiger partial charge < -0.3 is 5.11 Å². The largest absolute Gasteiger partial charge is 0.481 e. The molecule has 2 nitrogen and oxygen atoms in total. The van der Waals surface area contributed by atoms with Crippen LogP contribution in [0.2, 0.25) is 0 Å². The molecular weight excluding hydrogens is 152 g/mol. The second kappa shape index (κ2) is 1.45. The van der Waals surface area contributed by atoms with E-state index in [1.807, 2.05) is 0 Å². The van der Waals surface area contributed by atoms with Gasteiger partial charge in [-0.05, 0) is 48.3 Å². The molecule has 0 aromatic carbocycles. The van der Waals surface area contributed by atoms with Crippen molar-refractivity contribution in [3.8, 4) is 0 Å². The number of carboxylic acids is 1. The molecule has 0 heterocycles. The number of hydrogen-bond acceptors (Lipinski definition) is 1. The molecule has 1 N–H and O–H groups in total. The predicted octanol–water partition coefficient (Wildman–Crippen LogP) is 1.22. The van der Waals surface area contributed by atoms with Crippen molar-refractivity contribution in [2.75, 3.05) is 0 Å². The molecule has 0 aliphatic heterocycles. The van der Waals surface area contributed by atoms with Crippen molar-refractivity contribution < 1.29 is 9.90 Å². The molecule has 0 unspecified atom stereocenters. The van der Waals surface area contributed by atoms with E-state index in [9.17, 15) is 4.79 Å². The van der Waals surface area contributed by atoms with Crippen molar-refractivity contribution in [1.29, 1.82) is 0 Å². The summed E-state index contributed by atoms with van der Waals surface area (Å²) in [6.45, 7) is 0. The van der Waals surface area contributed by atoms with E-state index < -0.39 is 5.97 Å². The summed E-state index contributed by atoms with van der Waals surface area (Å²) in [6, 6.07) is 0. The van der Waals surface area contributed by atoms with E-state index in [4.69, 9.17) is 5.11 Å². The van der Waals surface area contributed by atoms with Crippen LogP contribution in [0, 0.1) is 41.4 Å². The summed E-state index contributed by atoms with van der Waals surface area (Å²) in [7, 11) is 0. The molecule has 5 aliphatic rings. The first-order valence-electron chi connectivity index (χ1n) is 5.02. The molecule has 2 heteroatoms. The highest BCUT2D eigenvalue weighted by Crippen LogP contribution is 2.82. The molecule has 0 radical (unpaired) electrons. The van der Waals surface area contributed by atoms with Gasteiger partial charge in [0.2, 0.25) is 0 Å². The fourth-order valence-corrected chi connectivity index (χ4v) is 5.00. The van der Waals surface area contributed by atoms with E-state index in [0.717, 1.165) is 36.0 Å². The van der Waals surface area contributed by atoms with Gasteiger partial charge in [-0.3, -0.25) is 4.79 Å². The minimum absolute atomic E-state index is 0.0498. The molecule has 0 amide bonds. The zero-order chi connectivity index (χ0) is 8.03. The van der Waals surface area contributed by atoms with Crippen molar-refractivity contribution in [2.45, 2.75) is 12.8 Å². The Balaban J connectivity index is 1.79. The standard InChI is InChI=1S/C10H12O2/c11-10(12)6-2-4-3-1-5-7(4)9(5)8(3)6/h3-9H,1-2H2,(H,11,12)/t3-,4+,5-,6-,7+,8+,9+/m0/s1. The summed E-state index contributed by atoms with van der Waals surface area (Å²) in [5.41, 5.74) is 0. The summed E-state index contributed by atoms with van der Waals surface area (Å²) in [6.07, 6.45) is 2.40. The minimum atomic E-state index is -0.515. The average molecular weight is 164 g/mol. The Morgan fingerprint density at radius 3 is 2.25 bits per heavy atom. The van der Waals surface area contributed by atoms with Crippen molar-refractivity contribution in [2.24, 2.45) is 41.4 Å². The maximum Gasteiger partial charge on any atom is 0.306 e. The molecular formula is C10H12O2. The van der Waals surface area contributed by atoms with Gasteiger partial charge in [-0.25, -0.2) is 0 Å². The Kier molecular flexibility index (Phi) is 0.724. The Bertz CT molecular complexity index is 286. The van der Waals surface area contributed by atoms with Crippen LogP contribution < -0.4 is 0 Å². The van der Waals surface area contributed by atoms with Crippen LogP contribution in [-0.4, -0.2) is 11.1 Å². The van der Waals surface area contributed by atoms with Crippen molar-refractivity contribution in [3.63, 3.8) is 0 Å². The molecule has 7 atom stereocenters. The summed E-state index contributed by atoms with van der Waals surface area (Å²) >= 11 is 0. The second-order valence-electron chi connectivity index (χ2n) is 5.14. The third-order valence-corrected chi connectivity index (χ3v) is 5.13. The quantitative estimate of drug-likeness (QED) is 0.632. The lowest BCUT2D eigenvalue weighted by molar-refractivity contribution is -0.143. The molecule has 0 saturated heterocycles. The van der Waals surface area contributed by atoms with Crippen LogP contribution in [0.15, 0.2) is 0 Å². The molecule has 0 spiro atoms. The van der Waals surface area contributed by atoms with Crippen LogP contribution >= 0.6 is 0 Å². The van der Waals surface area contributed by atoms with Gasteiger partial charge in [-0.2, -0.15) is 0 Å². The number of rotatable bonds is 1. The maximum atomic E-state index is 10.9. The molecule has 12 heavy (non-hydrogen) atoms. The lowest BCUT2D eigenvalue weighted by atomic mass is 9.88. The first-order valence-corrected chi connectivity index (χ1v) is 5.02. The van der Waals surface area contributed by atoms with Crippen LogP contribution in [0.1, 0.15) is 12.8 Å².